The Morgan fingerprint density at radius 2 is 1.91 bits per heavy atom. The highest BCUT2D eigenvalue weighted by Crippen LogP contribution is 2.22. The van der Waals surface area contributed by atoms with Gasteiger partial charge in [0.2, 0.25) is 10.0 Å². The Kier molecular flexibility index (Phi) is 6.22. The average Bonchev–Trinajstić information content (AvgIpc) is 2.36. The summed E-state index contributed by atoms with van der Waals surface area (Å²) in [6, 6.07) is 4.43. The predicted molar refractivity (Wildman–Crippen MR) is 89.6 cm³/mol. The lowest BCUT2D eigenvalue weighted by atomic mass is 10.2. The molecule has 130 valence electrons. The molecule has 0 saturated heterocycles. The Labute approximate surface area is 136 Å². The van der Waals surface area contributed by atoms with E-state index in [0.29, 0.717) is 30.9 Å². The van der Waals surface area contributed by atoms with Crippen LogP contribution in [0.4, 0.5) is 16.2 Å². The summed E-state index contributed by atoms with van der Waals surface area (Å²) in [6.07, 6.45) is 0.0865. The fraction of sp³-hybridized carbons (Fsp3) is 0.500. The Morgan fingerprint density at radius 1 is 1.26 bits per heavy atom. The van der Waals surface area contributed by atoms with Gasteiger partial charge in [0.05, 0.1) is 5.69 Å². The Hall–Kier alpha value is -2.00. The van der Waals surface area contributed by atoms with Crippen LogP contribution in [0.3, 0.4) is 0 Å². The van der Waals surface area contributed by atoms with Crippen LogP contribution in [0.1, 0.15) is 27.2 Å². The lowest BCUT2D eigenvalue weighted by Crippen LogP contribution is -2.33. The molecule has 6 N–H and O–H groups in total. The van der Waals surface area contributed by atoms with Gasteiger partial charge in [0, 0.05) is 18.8 Å². The predicted octanol–water partition coefficient (Wildman–Crippen LogP) is 1.24. The maximum absolute atomic E-state index is 11.5. The van der Waals surface area contributed by atoms with Gasteiger partial charge < -0.3 is 21.1 Å². The third-order valence-electron chi connectivity index (χ3n) is 2.65. The number of benzene rings is 1. The molecule has 0 aromatic heterocycles. The first-order valence-electron chi connectivity index (χ1n) is 7.12. The molecule has 23 heavy (non-hydrogen) atoms. The highest BCUT2D eigenvalue weighted by Gasteiger charge is 2.16. The van der Waals surface area contributed by atoms with Crippen LogP contribution in [-0.2, 0) is 14.8 Å². The lowest BCUT2D eigenvalue weighted by Gasteiger charge is -2.19. The number of carbonyl (C=O) groups is 1. The first-order chi connectivity index (χ1) is 10.5. The molecule has 0 aliphatic carbocycles. The van der Waals surface area contributed by atoms with Crippen molar-refractivity contribution in [2.75, 3.05) is 24.1 Å². The van der Waals surface area contributed by atoms with E-state index >= 15 is 0 Å². The van der Waals surface area contributed by atoms with Gasteiger partial charge in [0.15, 0.2) is 0 Å². The normalized spacial score (nSPS) is 11.8. The second-order valence-corrected chi connectivity index (χ2v) is 7.54. The van der Waals surface area contributed by atoms with Gasteiger partial charge in [-0.15, -0.1) is 0 Å². The summed E-state index contributed by atoms with van der Waals surface area (Å²) < 4.78 is 28.2. The van der Waals surface area contributed by atoms with Gasteiger partial charge in [0.1, 0.15) is 10.5 Å². The molecule has 0 atom stereocenters. The van der Waals surface area contributed by atoms with E-state index in [1.807, 2.05) is 0 Å². The number of sulfonamides is 1. The standard InChI is InChI=1S/C14H24N4O4S/c1-14(2,3)22-13(19)18-8-4-7-17-11-6-5-10(15)9-12(11)23(16,20)21/h5-6,9,17H,4,7-8,15H2,1-3H3,(H,18,19)(H2,16,20,21). The van der Waals surface area contributed by atoms with E-state index in [-0.39, 0.29) is 4.90 Å². The zero-order valence-electron chi connectivity index (χ0n) is 13.5. The molecular weight excluding hydrogens is 320 g/mol. The van der Waals surface area contributed by atoms with E-state index in [1.165, 1.54) is 6.07 Å². The van der Waals surface area contributed by atoms with Gasteiger partial charge in [-0.2, -0.15) is 0 Å². The molecule has 0 heterocycles. The van der Waals surface area contributed by atoms with Crippen LogP contribution in [0.15, 0.2) is 23.1 Å². The van der Waals surface area contributed by atoms with Gasteiger partial charge in [-0.25, -0.2) is 18.4 Å². The van der Waals surface area contributed by atoms with Crippen molar-refractivity contribution >= 4 is 27.5 Å². The number of alkyl carbamates (subject to hydrolysis) is 1. The number of ether oxygens (including phenoxy) is 1. The molecule has 1 aromatic carbocycles. The van der Waals surface area contributed by atoms with Crippen molar-refractivity contribution < 1.29 is 17.9 Å². The number of nitrogens with one attached hydrogen (secondary N) is 2. The number of primary sulfonamides is 1. The van der Waals surface area contributed by atoms with Crippen molar-refractivity contribution in [3.8, 4) is 0 Å². The minimum Gasteiger partial charge on any atom is -0.444 e. The van der Waals surface area contributed by atoms with Crippen LogP contribution in [-0.4, -0.2) is 33.2 Å². The number of nitrogen functional groups attached to an aromatic ring is 1. The van der Waals surface area contributed by atoms with Crippen LogP contribution in [0, 0.1) is 0 Å². The fourth-order valence-electron chi connectivity index (χ4n) is 1.74. The molecule has 1 rings (SSSR count). The monoisotopic (exact) mass is 344 g/mol. The van der Waals surface area contributed by atoms with E-state index in [4.69, 9.17) is 15.6 Å². The van der Waals surface area contributed by atoms with Crippen molar-refractivity contribution in [2.45, 2.75) is 37.7 Å². The molecular formula is C14H24N4O4S. The first kappa shape index (κ1) is 19.0. The molecule has 0 aliphatic rings. The summed E-state index contributed by atoms with van der Waals surface area (Å²) >= 11 is 0. The number of hydrogen-bond donors (Lipinski definition) is 4. The Bertz CT molecular complexity index is 653. The topological polar surface area (TPSA) is 137 Å². The molecule has 0 radical (unpaired) electrons. The van der Waals surface area contributed by atoms with E-state index in [9.17, 15) is 13.2 Å². The van der Waals surface area contributed by atoms with Crippen LogP contribution in [0.5, 0.6) is 0 Å². The van der Waals surface area contributed by atoms with Gasteiger partial charge in [-0.05, 0) is 45.4 Å². The zero-order valence-corrected chi connectivity index (χ0v) is 14.4. The lowest BCUT2D eigenvalue weighted by molar-refractivity contribution is 0.0528. The second kappa shape index (κ2) is 7.51. The highest BCUT2D eigenvalue weighted by molar-refractivity contribution is 7.89. The quantitative estimate of drug-likeness (QED) is 0.453. The van der Waals surface area contributed by atoms with Crippen molar-refractivity contribution in [3.63, 3.8) is 0 Å². The summed E-state index contributed by atoms with van der Waals surface area (Å²) in [5, 5.41) is 10.7. The Morgan fingerprint density at radius 3 is 2.48 bits per heavy atom. The van der Waals surface area contributed by atoms with Gasteiger partial charge in [-0.1, -0.05) is 0 Å². The SMILES string of the molecule is CC(C)(C)OC(=O)NCCCNc1ccc(N)cc1S(N)(=O)=O. The summed E-state index contributed by atoms with van der Waals surface area (Å²) in [7, 11) is -3.86. The van der Waals surface area contributed by atoms with Gasteiger partial charge >= 0.3 is 6.09 Å². The number of nitrogens with two attached hydrogens (primary N) is 2. The van der Waals surface area contributed by atoms with Crippen LogP contribution in [0.2, 0.25) is 0 Å². The summed E-state index contributed by atoms with van der Waals surface area (Å²) in [5.41, 5.74) is 5.72. The van der Waals surface area contributed by atoms with Crippen LogP contribution < -0.4 is 21.5 Å². The molecule has 9 heteroatoms. The summed E-state index contributed by atoms with van der Waals surface area (Å²) in [4.78, 5) is 11.4. The average molecular weight is 344 g/mol. The van der Waals surface area contributed by atoms with Crippen LogP contribution in [0.25, 0.3) is 0 Å². The minimum absolute atomic E-state index is 0.0578. The molecule has 0 bridgehead atoms. The number of hydrogen-bond acceptors (Lipinski definition) is 6. The van der Waals surface area contributed by atoms with Crippen molar-refractivity contribution in [1.82, 2.24) is 5.32 Å². The van der Waals surface area contributed by atoms with Gasteiger partial charge in [-0.3, -0.25) is 0 Å². The molecule has 1 aromatic rings. The molecule has 0 saturated carbocycles. The van der Waals surface area contributed by atoms with E-state index in [0.717, 1.165) is 0 Å². The molecule has 8 nitrogen and oxygen atoms in total. The number of carbonyl (C=O) groups excluding carboxylic acids is 1. The van der Waals surface area contributed by atoms with Crippen molar-refractivity contribution in [3.05, 3.63) is 18.2 Å². The fourth-order valence-corrected chi connectivity index (χ4v) is 2.48. The number of amides is 1. The van der Waals surface area contributed by atoms with Crippen molar-refractivity contribution in [1.29, 1.82) is 0 Å². The third-order valence-corrected chi connectivity index (χ3v) is 3.60. The summed E-state index contributed by atoms with van der Waals surface area (Å²) in [6.45, 7) is 6.18. The summed E-state index contributed by atoms with van der Waals surface area (Å²) in [5.74, 6) is 0. The van der Waals surface area contributed by atoms with E-state index in [1.54, 1.807) is 32.9 Å². The van der Waals surface area contributed by atoms with Crippen molar-refractivity contribution in [2.24, 2.45) is 5.14 Å². The maximum atomic E-state index is 11.5. The molecule has 0 unspecified atom stereocenters. The molecule has 0 aliphatic heterocycles. The molecule has 0 fully saturated rings. The second-order valence-electron chi connectivity index (χ2n) is 6.01. The number of rotatable bonds is 6. The number of anilines is 2. The van der Waals surface area contributed by atoms with E-state index < -0.39 is 21.7 Å². The van der Waals surface area contributed by atoms with Crippen LogP contribution >= 0.6 is 0 Å². The molecule has 0 spiro atoms. The van der Waals surface area contributed by atoms with E-state index in [2.05, 4.69) is 10.6 Å². The smallest absolute Gasteiger partial charge is 0.407 e. The van der Waals surface area contributed by atoms with Gasteiger partial charge in [0.25, 0.3) is 0 Å². The zero-order chi connectivity index (χ0) is 17.7. The first-order valence-corrected chi connectivity index (χ1v) is 8.67. The highest BCUT2D eigenvalue weighted by atomic mass is 32.2. The Balaban J connectivity index is 2.47. The molecule has 1 amide bonds. The largest absolute Gasteiger partial charge is 0.444 e. The minimum atomic E-state index is -3.86. The third kappa shape index (κ3) is 7.20. The maximum Gasteiger partial charge on any atom is 0.407 e.